The number of fused-ring (bicyclic) bond motifs is 1. The molecule has 1 aliphatic rings. The summed E-state index contributed by atoms with van der Waals surface area (Å²) >= 11 is 1.30. The van der Waals surface area contributed by atoms with E-state index in [0.717, 1.165) is 22.6 Å². The first-order chi connectivity index (χ1) is 17.0. The first-order valence-electron chi connectivity index (χ1n) is 11.6. The van der Waals surface area contributed by atoms with E-state index in [9.17, 15) is 9.59 Å². The molecule has 1 atom stereocenters. The molecule has 1 aromatic heterocycles. The van der Waals surface area contributed by atoms with E-state index < -0.39 is 12.0 Å². The van der Waals surface area contributed by atoms with Crippen LogP contribution in [0.1, 0.15) is 44.9 Å². The van der Waals surface area contributed by atoms with Crippen LogP contribution in [-0.4, -0.2) is 30.4 Å². The molecule has 2 heterocycles. The van der Waals surface area contributed by atoms with Crippen molar-refractivity contribution in [3.8, 4) is 11.5 Å². The molecule has 8 heteroatoms. The second kappa shape index (κ2) is 10.7. The number of carbonyl (C=O) groups is 1. The summed E-state index contributed by atoms with van der Waals surface area (Å²) in [4.78, 5) is 31.7. The quantitative estimate of drug-likeness (QED) is 0.449. The van der Waals surface area contributed by atoms with Gasteiger partial charge in [0.15, 0.2) is 4.80 Å². The molecule has 4 rings (SSSR count). The zero-order valence-electron chi connectivity index (χ0n) is 20.2. The maximum Gasteiger partial charge on any atom is 0.338 e. The number of nitrogens with zero attached hydrogens (tertiary/aromatic N) is 2. The van der Waals surface area contributed by atoms with Crippen molar-refractivity contribution < 1.29 is 19.0 Å². The molecule has 0 aliphatic carbocycles. The Labute approximate surface area is 207 Å². The number of thiazole rings is 1. The number of hydrogen-bond acceptors (Lipinski definition) is 7. The minimum atomic E-state index is -0.650. The van der Waals surface area contributed by atoms with Crippen molar-refractivity contribution in [3.63, 3.8) is 0 Å². The molecule has 0 saturated carbocycles. The minimum absolute atomic E-state index is 0.212. The molecule has 0 saturated heterocycles. The Morgan fingerprint density at radius 1 is 0.971 bits per heavy atom. The molecular formula is C27H28N2O5S. The van der Waals surface area contributed by atoms with Gasteiger partial charge in [0, 0.05) is 0 Å². The first kappa shape index (κ1) is 24.5. The van der Waals surface area contributed by atoms with Gasteiger partial charge in [-0.05, 0) is 69.2 Å². The van der Waals surface area contributed by atoms with Crippen molar-refractivity contribution in [3.05, 3.63) is 90.6 Å². The van der Waals surface area contributed by atoms with Crippen LogP contribution in [0.5, 0.6) is 11.5 Å². The number of aromatic nitrogens is 1. The second-order valence-corrected chi connectivity index (χ2v) is 8.82. The van der Waals surface area contributed by atoms with Crippen LogP contribution in [0.4, 0.5) is 0 Å². The maximum atomic E-state index is 13.6. The van der Waals surface area contributed by atoms with Crippen molar-refractivity contribution in [1.29, 1.82) is 0 Å². The number of ether oxygens (including phenoxy) is 3. The summed E-state index contributed by atoms with van der Waals surface area (Å²) < 4.78 is 18.5. The molecule has 182 valence electrons. The highest BCUT2D eigenvalue weighted by molar-refractivity contribution is 7.07. The Morgan fingerprint density at radius 3 is 2.14 bits per heavy atom. The summed E-state index contributed by atoms with van der Waals surface area (Å²) in [6.45, 7) is 8.75. The van der Waals surface area contributed by atoms with Gasteiger partial charge in [-0.1, -0.05) is 35.6 Å². The third kappa shape index (κ3) is 5.07. The fourth-order valence-electron chi connectivity index (χ4n) is 4.00. The van der Waals surface area contributed by atoms with E-state index in [1.54, 1.807) is 18.4 Å². The van der Waals surface area contributed by atoms with E-state index in [1.165, 1.54) is 11.3 Å². The van der Waals surface area contributed by atoms with E-state index in [4.69, 9.17) is 14.2 Å². The Morgan fingerprint density at radius 2 is 1.57 bits per heavy atom. The van der Waals surface area contributed by atoms with Crippen molar-refractivity contribution in [1.82, 2.24) is 4.57 Å². The number of esters is 1. The lowest BCUT2D eigenvalue weighted by molar-refractivity contribution is -0.139. The van der Waals surface area contributed by atoms with Gasteiger partial charge in [-0.3, -0.25) is 9.36 Å². The Kier molecular flexibility index (Phi) is 7.51. The average Bonchev–Trinajstić information content (AvgIpc) is 3.15. The number of hydrogen-bond donors (Lipinski definition) is 0. The van der Waals surface area contributed by atoms with Gasteiger partial charge in [-0.25, -0.2) is 9.79 Å². The molecule has 0 radical (unpaired) electrons. The van der Waals surface area contributed by atoms with Gasteiger partial charge in [-0.15, -0.1) is 0 Å². The fourth-order valence-corrected chi connectivity index (χ4v) is 5.04. The topological polar surface area (TPSA) is 79.1 Å². The van der Waals surface area contributed by atoms with Gasteiger partial charge in [0.1, 0.15) is 11.5 Å². The third-order valence-corrected chi connectivity index (χ3v) is 6.50. The number of carbonyl (C=O) groups excluding carboxylic acids is 1. The summed E-state index contributed by atoms with van der Waals surface area (Å²) in [6.07, 6.45) is 1.83. The van der Waals surface area contributed by atoms with E-state index in [0.29, 0.717) is 33.8 Å². The molecule has 0 N–H and O–H groups in total. The van der Waals surface area contributed by atoms with Gasteiger partial charge in [0.05, 0.1) is 41.7 Å². The molecule has 1 aliphatic heterocycles. The first-order valence-corrected chi connectivity index (χ1v) is 12.4. The zero-order valence-corrected chi connectivity index (χ0v) is 21.1. The summed E-state index contributed by atoms with van der Waals surface area (Å²) in [5.41, 5.74) is 2.33. The van der Waals surface area contributed by atoms with Crippen molar-refractivity contribution in [2.75, 3.05) is 19.8 Å². The zero-order chi connectivity index (χ0) is 24.9. The predicted octanol–water partition coefficient (Wildman–Crippen LogP) is 3.60. The molecule has 35 heavy (non-hydrogen) atoms. The van der Waals surface area contributed by atoms with Crippen LogP contribution in [0.3, 0.4) is 0 Å². The van der Waals surface area contributed by atoms with Crippen LogP contribution in [0, 0.1) is 0 Å². The highest BCUT2D eigenvalue weighted by Crippen LogP contribution is 2.31. The summed E-state index contributed by atoms with van der Waals surface area (Å²) in [5, 5.41) is 0. The van der Waals surface area contributed by atoms with Crippen LogP contribution < -0.4 is 24.4 Å². The highest BCUT2D eigenvalue weighted by atomic mass is 32.1. The lowest BCUT2D eigenvalue weighted by atomic mass is 9.96. The average molecular weight is 493 g/mol. The van der Waals surface area contributed by atoms with Crippen molar-refractivity contribution >= 4 is 23.4 Å². The van der Waals surface area contributed by atoms with Gasteiger partial charge in [0.2, 0.25) is 0 Å². The fraction of sp³-hybridized carbons (Fsp3) is 0.296. The van der Waals surface area contributed by atoms with Crippen LogP contribution in [-0.2, 0) is 9.53 Å². The monoisotopic (exact) mass is 492 g/mol. The molecule has 3 aromatic rings. The van der Waals surface area contributed by atoms with Crippen LogP contribution >= 0.6 is 11.3 Å². The van der Waals surface area contributed by atoms with E-state index >= 15 is 0 Å². The lowest BCUT2D eigenvalue weighted by Gasteiger charge is -2.24. The largest absolute Gasteiger partial charge is 0.494 e. The minimum Gasteiger partial charge on any atom is -0.494 e. The van der Waals surface area contributed by atoms with Crippen LogP contribution in [0.15, 0.2) is 69.6 Å². The van der Waals surface area contributed by atoms with E-state index in [1.807, 2.05) is 68.5 Å². The Balaban J connectivity index is 1.85. The third-order valence-electron chi connectivity index (χ3n) is 5.51. The van der Waals surface area contributed by atoms with Crippen LogP contribution in [0.2, 0.25) is 0 Å². The molecule has 0 amide bonds. The SMILES string of the molecule is CCOC(=O)C1=C(C)N=c2s/c(=C\c3ccc(OCC)cc3)c(=O)n2C1c1ccc(OCC)cc1. The van der Waals surface area contributed by atoms with Gasteiger partial charge >= 0.3 is 5.97 Å². The van der Waals surface area contributed by atoms with Crippen LogP contribution in [0.25, 0.3) is 6.08 Å². The standard InChI is InChI=1S/C27H28N2O5S/c1-5-32-20-12-8-18(9-13-20)16-22-25(30)29-24(19-10-14-21(15-11-19)33-6-2)23(26(31)34-7-3)17(4)28-27(29)35-22/h8-16,24H,5-7H2,1-4H3/b22-16-. The molecule has 0 spiro atoms. The Bertz CT molecular complexity index is 1420. The Hall–Kier alpha value is -3.65. The molecule has 0 fully saturated rings. The second-order valence-electron chi connectivity index (χ2n) is 7.81. The van der Waals surface area contributed by atoms with E-state index in [-0.39, 0.29) is 12.2 Å². The maximum absolute atomic E-state index is 13.6. The lowest BCUT2D eigenvalue weighted by Crippen LogP contribution is -2.39. The summed E-state index contributed by atoms with van der Waals surface area (Å²) in [6, 6.07) is 14.3. The molecular weight excluding hydrogens is 464 g/mol. The van der Waals surface area contributed by atoms with Gasteiger partial charge in [0.25, 0.3) is 5.56 Å². The molecule has 7 nitrogen and oxygen atoms in total. The molecule has 0 bridgehead atoms. The van der Waals surface area contributed by atoms with Gasteiger partial charge < -0.3 is 14.2 Å². The van der Waals surface area contributed by atoms with Crippen molar-refractivity contribution in [2.45, 2.75) is 33.7 Å². The summed E-state index contributed by atoms with van der Waals surface area (Å²) in [5.74, 6) is 1.02. The highest BCUT2D eigenvalue weighted by Gasteiger charge is 2.33. The van der Waals surface area contributed by atoms with Gasteiger partial charge in [-0.2, -0.15) is 0 Å². The number of benzene rings is 2. The van der Waals surface area contributed by atoms with Crippen molar-refractivity contribution in [2.24, 2.45) is 4.99 Å². The summed E-state index contributed by atoms with van der Waals surface area (Å²) in [7, 11) is 0. The molecule has 1 unspecified atom stereocenters. The molecule has 2 aromatic carbocycles. The number of rotatable bonds is 8. The number of allylic oxidation sites excluding steroid dienone is 1. The predicted molar refractivity (Wildman–Crippen MR) is 136 cm³/mol. The van der Waals surface area contributed by atoms with E-state index in [2.05, 4.69) is 4.99 Å². The normalized spacial score (nSPS) is 15.4. The smallest absolute Gasteiger partial charge is 0.338 e.